The second-order valence-corrected chi connectivity index (χ2v) is 7.90. The Kier molecular flexibility index (Phi) is 3.86. The normalized spacial score (nSPS) is 33.5. The Morgan fingerprint density at radius 2 is 1.95 bits per heavy atom. The highest BCUT2D eigenvalue weighted by Crippen LogP contribution is 2.47. The van der Waals surface area contributed by atoms with Crippen LogP contribution in [0.25, 0.3) is 0 Å². The topological polar surface area (TPSA) is 36.9 Å². The number of fused-ring (bicyclic) bond motifs is 5. The first kappa shape index (κ1) is 14.5. The zero-order valence-corrected chi connectivity index (χ0v) is 14.2. The van der Waals surface area contributed by atoms with Crippen LogP contribution in [-0.2, 0) is 17.7 Å². The summed E-state index contributed by atoms with van der Waals surface area (Å²) in [7, 11) is 1.90. The molecule has 3 fully saturated rings. The average Bonchev–Trinajstić information content (AvgIpc) is 3.29. The molecule has 0 radical (unpaired) electrons. The average molecular weight is 319 g/mol. The number of aliphatic imine (C=N–C) groups is 1. The summed E-state index contributed by atoms with van der Waals surface area (Å²) in [5, 5.41) is 3.55. The van der Waals surface area contributed by atoms with E-state index in [4.69, 9.17) is 4.74 Å². The van der Waals surface area contributed by atoms with Crippen molar-refractivity contribution in [3.63, 3.8) is 0 Å². The molecule has 2 bridgehead atoms. The van der Waals surface area contributed by atoms with Crippen LogP contribution in [0.5, 0.6) is 0 Å². The van der Waals surface area contributed by atoms with Crippen molar-refractivity contribution in [2.75, 3.05) is 20.1 Å². The van der Waals surface area contributed by atoms with E-state index in [1.54, 1.807) is 0 Å². The fraction of sp³-hybridized carbons (Fsp3) is 0.706. The van der Waals surface area contributed by atoms with Crippen LogP contribution < -0.4 is 5.32 Å². The first-order chi connectivity index (χ1) is 10.8. The first-order valence-electron chi connectivity index (χ1n) is 8.47. The van der Waals surface area contributed by atoms with Crippen molar-refractivity contribution >= 4 is 17.3 Å². The summed E-state index contributed by atoms with van der Waals surface area (Å²) in [6.45, 7) is 5.31. The zero-order valence-electron chi connectivity index (χ0n) is 13.4. The fourth-order valence-corrected chi connectivity index (χ4v) is 5.24. The van der Waals surface area contributed by atoms with Crippen molar-refractivity contribution in [2.24, 2.45) is 16.8 Å². The van der Waals surface area contributed by atoms with E-state index in [2.05, 4.69) is 34.3 Å². The maximum Gasteiger partial charge on any atom is 0.193 e. The molecule has 3 saturated heterocycles. The number of ether oxygens (including phenoxy) is 1. The molecule has 0 aliphatic carbocycles. The molecular weight excluding hydrogens is 294 g/mol. The lowest BCUT2D eigenvalue weighted by atomic mass is 9.82. The second-order valence-electron chi connectivity index (χ2n) is 6.65. The third kappa shape index (κ3) is 2.44. The van der Waals surface area contributed by atoms with Gasteiger partial charge in [-0.25, -0.2) is 0 Å². The van der Waals surface area contributed by atoms with E-state index in [-0.39, 0.29) is 0 Å². The van der Waals surface area contributed by atoms with Gasteiger partial charge < -0.3 is 15.0 Å². The number of nitrogens with zero attached hydrogens (tertiary/aromatic N) is 2. The van der Waals surface area contributed by atoms with Gasteiger partial charge in [0.25, 0.3) is 0 Å². The van der Waals surface area contributed by atoms with Gasteiger partial charge in [-0.15, -0.1) is 11.3 Å². The van der Waals surface area contributed by atoms with Crippen molar-refractivity contribution in [3.8, 4) is 0 Å². The van der Waals surface area contributed by atoms with Crippen LogP contribution in [0.15, 0.2) is 17.1 Å². The molecule has 4 rings (SSSR count). The van der Waals surface area contributed by atoms with Gasteiger partial charge in [0, 0.05) is 41.7 Å². The number of nitrogens with one attached hydrogen (secondary N) is 1. The Bertz CT molecular complexity index is 552. The number of thiophene rings is 1. The van der Waals surface area contributed by atoms with Gasteiger partial charge >= 0.3 is 0 Å². The molecule has 0 saturated carbocycles. The maximum atomic E-state index is 6.06. The molecule has 4 nitrogen and oxygen atoms in total. The number of guanidine groups is 1. The summed E-state index contributed by atoms with van der Waals surface area (Å²) < 4.78 is 6.06. The largest absolute Gasteiger partial charge is 0.374 e. The van der Waals surface area contributed by atoms with Gasteiger partial charge in [-0.2, -0.15) is 0 Å². The third-order valence-corrected chi connectivity index (χ3v) is 6.68. The van der Waals surface area contributed by atoms with Gasteiger partial charge in [0.05, 0.1) is 18.8 Å². The van der Waals surface area contributed by atoms with Gasteiger partial charge in [0.1, 0.15) is 0 Å². The zero-order chi connectivity index (χ0) is 15.1. The number of hydrogen-bond acceptors (Lipinski definition) is 3. The Hall–Kier alpha value is -1.07. The van der Waals surface area contributed by atoms with Gasteiger partial charge in [-0.1, -0.05) is 6.92 Å². The van der Waals surface area contributed by atoms with Crippen LogP contribution in [0.4, 0.5) is 0 Å². The molecule has 3 aliphatic rings. The third-order valence-electron chi connectivity index (χ3n) is 5.45. The van der Waals surface area contributed by atoms with Crippen LogP contribution in [0, 0.1) is 11.8 Å². The van der Waals surface area contributed by atoms with E-state index >= 15 is 0 Å². The molecule has 1 aromatic heterocycles. The highest BCUT2D eigenvalue weighted by Gasteiger charge is 2.53. The highest BCUT2D eigenvalue weighted by molar-refractivity contribution is 7.11. The molecule has 4 atom stereocenters. The Balaban J connectivity index is 1.37. The predicted octanol–water partition coefficient (Wildman–Crippen LogP) is 2.50. The van der Waals surface area contributed by atoms with Crippen molar-refractivity contribution < 1.29 is 4.74 Å². The molecule has 120 valence electrons. The Morgan fingerprint density at radius 1 is 1.27 bits per heavy atom. The molecule has 4 heterocycles. The lowest BCUT2D eigenvalue weighted by molar-refractivity contribution is 0.0767. The van der Waals surface area contributed by atoms with Crippen LogP contribution in [0.1, 0.15) is 29.5 Å². The minimum absolute atomic E-state index is 0.516. The summed E-state index contributed by atoms with van der Waals surface area (Å²) in [6.07, 6.45) is 4.68. The smallest absolute Gasteiger partial charge is 0.193 e. The van der Waals surface area contributed by atoms with Crippen LogP contribution in [-0.4, -0.2) is 43.2 Å². The molecule has 0 amide bonds. The fourth-order valence-electron chi connectivity index (χ4n) is 4.34. The minimum atomic E-state index is 0.516. The van der Waals surface area contributed by atoms with E-state index in [1.807, 2.05) is 18.4 Å². The van der Waals surface area contributed by atoms with Gasteiger partial charge in [0.2, 0.25) is 0 Å². The van der Waals surface area contributed by atoms with E-state index in [1.165, 1.54) is 22.6 Å². The molecular formula is C17H25N3OS. The molecule has 1 N–H and O–H groups in total. The summed E-state index contributed by atoms with van der Waals surface area (Å²) in [6, 6.07) is 4.47. The van der Waals surface area contributed by atoms with E-state index in [0.717, 1.165) is 43.9 Å². The SMILES string of the molecule is CCc1ccc(CNC(=NC)N2CC3C4CCC(O4)C3C2)s1. The quantitative estimate of drug-likeness (QED) is 0.687. The molecule has 5 heteroatoms. The van der Waals surface area contributed by atoms with E-state index in [0.29, 0.717) is 12.2 Å². The molecule has 0 aromatic carbocycles. The monoisotopic (exact) mass is 319 g/mol. The van der Waals surface area contributed by atoms with Crippen molar-refractivity contribution in [2.45, 2.75) is 44.9 Å². The molecule has 0 spiro atoms. The predicted molar refractivity (Wildman–Crippen MR) is 90.3 cm³/mol. The van der Waals surface area contributed by atoms with Gasteiger partial charge in [0.15, 0.2) is 5.96 Å². The molecule has 22 heavy (non-hydrogen) atoms. The van der Waals surface area contributed by atoms with E-state index < -0.39 is 0 Å². The summed E-state index contributed by atoms with van der Waals surface area (Å²) in [5.41, 5.74) is 0. The lowest BCUT2D eigenvalue weighted by Crippen LogP contribution is -2.40. The van der Waals surface area contributed by atoms with Crippen molar-refractivity contribution in [1.82, 2.24) is 10.2 Å². The van der Waals surface area contributed by atoms with Crippen molar-refractivity contribution in [3.05, 3.63) is 21.9 Å². The van der Waals surface area contributed by atoms with Crippen LogP contribution in [0.2, 0.25) is 0 Å². The number of aryl methyl sites for hydroxylation is 1. The van der Waals surface area contributed by atoms with Gasteiger partial charge in [-0.3, -0.25) is 4.99 Å². The second kappa shape index (κ2) is 5.85. The number of rotatable bonds is 3. The molecule has 4 unspecified atom stereocenters. The van der Waals surface area contributed by atoms with Crippen molar-refractivity contribution in [1.29, 1.82) is 0 Å². The summed E-state index contributed by atoms with van der Waals surface area (Å²) >= 11 is 1.90. The minimum Gasteiger partial charge on any atom is -0.374 e. The molecule has 3 aliphatic heterocycles. The summed E-state index contributed by atoms with van der Waals surface area (Å²) in [5.74, 6) is 2.51. The standard InChI is InChI=1S/C17H25N3OS/c1-3-11-4-5-12(22-11)8-19-17(18-2)20-9-13-14(10-20)16-7-6-15(13)21-16/h4-5,13-16H,3,6-10H2,1-2H3,(H,18,19). The Labute approximate surface area is 136 Å². The van der Waals surface area contributed by atoms with Gasteiger partial charge in [-0.05, 0) is 31.4 Å². The number of likely N-dealkylation sites (tertiary alicyclic amines) is 1. The van der Waals surface area contributed by atoms with Crippen LogP contribution in [0.3, 0.4) is 0 Å². The first-order valence-corrected chi connectivity index (χ1v) is 9.28. The number of hydrogen-bond donors (Lipinski definition) is 1. The maximum absolute atomic E-state index is 6.06. The summed E-state index contributed by atoms with van der Waals surface area (Å²) in [4.78, 5) is 9.79. The lowest BCUT2D eigenvalue weighted by Gasteiger charge is -2.23. The van der Waals surface area contributed by atoms with E-state index in [9.17, 15) is 0 Å². The highest BCUT2D eigenvalue weighted by atomic mass is 32.1. The Morgan fingerprint density at radius 3 is 2.55 bits per heavy atom. The van der Waals surface area contributed by atoms with Crippen LogP contribution >= 0.6 is 11.3 Å². The molecule has 1 aromatic rings.